The fraction of sp³-hybridized carbons (Fsp3) is 0.207. The summed E-state index contributed by atoms with van der Waals surface area (Å²) in [7, 11) is 1.65. The van der Waals surface area contributed by atoms with Crippen molar-refractivity contribution in [2.24, 2.45) is 0 Å². The van der Waals surface area contributed by atoms with Crippen LogP contribution in [0.5, 0.6) is 5.75 Å². The number of nitrogens with zero attached hydrogens (tertiary/aromatic N) is 3. The maximum absolute atomic E-state index is 11.7. The first-order valence-corrected chi connectivity index (χ1v) is 12.4. The molecule has 1 aliphatic heterocycles. The number of aryl methyl sites for hydroxylation is 2. The van der Waals surface area contributed by atoms with Gasteiger partial charge in [-0.1, -0.05) is 18.2 Å². The zero-order chi connectivity index (χ0) is 26.3. The highest BCUT2D eigenvalue weighted by Gasteiger charge is 2.42. The summed E-state index contributed by atoms with van der Waals surface area (Å²) in [4.78, 5) is 18.5. The third-order valence-corrected chi connectivity index (χ3v) is 7.23. The van der Waals surface area contributed by atoms with Gasteiger partial charge in [0, 0.05) is 35.0 Å². The van der Waals surface area contributed by atoms with E-state index in [1.54, 1.807) is 25.4 Å². The van der Waals surface area contributed by atoms with Gasteiger partial charge in [-0.3, -0.25) is 4.98 Å². The Morgan fingerprint density at radius 3 is 2.57 bits per heavy atom. The van der Waals surface area contributed by atoms with E-state index in [1.165, 1.54) is 0 Å². The molecule has 2 N–H and O–H groups in total. The summed E-state index contributed by atoms with van der Waals surface area (Å²) < 4.78 is 7.62. The van der Waals surface area contributed by atoms with Crippen LogP contribution < -0.4 is 15.0 Å². The maximum Gasteiger partial charge on any atom is 0.335 e. The molecule has 0 aliphatic carbocycles. The van der Waals surface area contributed by atoms with Crippen molar-refractivity contribution < 1.29 is 14.6 Å². The molecule has 5 rings (SSSR count). The van der Waals surface area contributed by atoms with Crippen molar-refractivity contribution in [1.82, 2.24) is 14.9 Å². The van der Waals surface area contributed by atoms with E-state index in [9.17, 15) is 9.90 Å². The Balaban J connectivity index is 1.70. The predicted octanol–water partition coefficient (Wildman–Crippen LogP) is 5.68. The molecule has 188 valence electrons. The van der Waals surface area contributed by atoms with Crippen LogP contribution >= 0.6 is 12.2 Å². The van der Waals surface area contributed by atoms with E-state index in [-0.39, 0.29) is 17.6 Å². The van der Waals surface area contributed by atoms with Crippen molar-refractivity contribution in [2.75, 3.05) is 12.0 Å². The van der Waals surface area contributed by atoms with Crippen LogP contribution in [0.1, 0.15) is 50.7 Å². The Morgan fingerprint density at radius 2 is 1.86 bits per heavy atom. The molecule has 3 heterocycles. The summed E-state index contributed by atoms with van der Waals surface area (Å²) in [5.41, 5.74) is 6.96. The summed E-state index contributed by atoms with van der Waals surface area (Å²) in [6, 6.07) is 20.7. The van der Waals surface area contributed by atoms with E-state index in [1.807, 2.05) is 62.4 Å². The number of anilines is 1. The van der Waals surface area contributed by atoms with Crippen LogP contribution in [0.25, 0.3) is 5.69 Å². The smallest absolute Gasteiger partial charge is 0.335 e. The lowest BCUT2D eigenvalue weighted by molar-refractivity contribution is 0.0697. The lowest BCUT2D eigenvalue weighted by Crippen LogP contribution is -2.29. The number of carboxylic acids is 1. The number of methoxy groups -OCH3 is 1. The number of rotatable bonds is 6. The molecule has 1 fully saturated rings. The van der Waals surface area contributed by atoms with Crippen molar-refractivity contribution in [3.8, 4) is 11.4 Å². The maximum atomic E-state index is 11.7. The fourth-order valence-corrected chi connectivity index (χ4v) is 5.50. The van der Waals surface area contributed by atoms with Gasteiger partial charge in [0.2, 0.25) is 0 Å². The Hall–Kier alpha value is -4.17. The number of hydrogen-bond acceptors (Lipinski definition) is 4. The third-order valence-electron chi connectivity index (χ3n) is 6.92. The van der Waals surface area contributed by atoms with Crippen LogP contribution in [0.15, 0.2) is 72.9 Å². The third kappa shape index (κ3) is 4.34. The minimum Gasteiger partial charge on any atom is -0.497 e. The lowest BCUT2D eigenvalue weighted by Gasteiger charge is -2.28. The molecule has 37 heavy (non-hydrogen) atoms. The molecule has 0 bridgehead atoms. The molecule has 0 amide bonds. The second-order valence-electron chi connectivity index (χ2n) is 9.17. The topological polar surface area (TPSA) is 79.6 Å². The SMILES string of the molecule is COc1cccc(N2C(=S)N[C@H](c3ccccn3)[C@H]2c2cc(C)n(-c3cc(C(=O)O)ccc3C)c2C)c1. The normalized spacial score (nSPS) is 17.1. The molecule has 4 aromatic rings. The van der Waals surface area contributed by atoms with E-state index in [2.05, 4.69) is 32.8 Å². The highest BCUT2D eigenvalue weighted by atomic mass is 32.1. The number of ether oxygens (including phenoxy) is 1. The largest absolute Gasteiger partial charge is 0.497 e. The number of aromatic carboxylic acids is 1. The van der Waals surface area contributed by atoms with Gasteiger partial charge < -0.3 is 24.6 Å². The Kier molecular flexibility index (Phi) is 6.43. The fourth-order valence-electron chi connectivity index (χ4n) is 5.15. The monoisotopic (exact) mass is 512 g/mol. The first-order valence-electron chi connectivity index (χ1n) is 12.0. The minimum atomic E-state index is -0.950. The van der Waals surface area contributed by atoms with Crippen LogP contribution in [-0.4, -0.2) is 32.8 Å². The zero-order valence-electron chi connectivity index (χ0n) is 21.1. The van der Waals surface area contributed by atoms with Crippen LogP contribution in [0, 0.1) is 20.8 Å². The van der Waals surface area contributed by atoms with Gasteiger partial charge in [-0.25, -0.2) is 4.79 Å². The van der Waals surface area contributed by atoms with E-state index < -0.39 is 5.97 Å². The summed E-state index contributed by atoms with van der Waals surface area (Å²) in [5.74, 6) is -0.208. The van der Waals surface area contributed by atoms with Crippen LogP contribution in [0.2, 0.25) is 0 Å². The second-order valence-corrected chi connectivity index (χ2v) is 9.55. The van der Waals surface area contributed by atoms with Gasteiger partial charge in [0.25, 0.3) is 0 Å². The number of aromatic nitrogens is 2. The molecule has 0 unspecified atom stereocenters. The van der Waals surface area contributed by atoms with Crippen LogP contribution in [-0.2, 0) is 0 Å². The average molecular weight is 513 g/mol. The predicted molar refractivity (Wildman–Crippen MR) is 148 cm³/mol. The Labute approximate surface area is 221 Å². The molecule has 0 spiro atoms. The first kappa shape index (κ1) is 24.5. The van der Waals surface area contributed by atoms with Crippen LogP contribution in [0.4, 0.5) is 5.69 Å². The van der Waals surface area contributed by atoms with Crippen molar-refractivity contribution in [1.29, 1.82) is 0 Å². The summed E-state index contributed by atoms with van der Waals surface area (Å²) in [5, 5.41) is 13.7. The molecular formula is C29H28N4O3S. The van der Waals surface area contributed by atoms with Crippen LogP contribution in [0.3, 0.4) is 0 Å². The zero-order valence-corrected chi connectivity index (χ0v) is 21.9. The van der Waals surface area contributed by atoms with Crippen molar-refractivity contribution >= 4 is 29.0 Å². The number of hydrogen-bond donors (Lipinski definition) is 2. The standard InChI is InChI=1S/C29H28N4O3S/c1-17-11-12-20(28(34)35)15-25(17)32-18(2)14-23(19(32)3)27-26(24-10-5-6-13-30-24)31-29(37)33(27)21-8-7-9-22(16-21)36-4/h5-16,26-27H,1-4H3,(H,31,37)(H,34,35)/t26-,27-/m1/s1. The van der Waals surface area contributed by atoms with Crippen molar-refractivity contribution in [3.63, 3.8) is 0 Å². The highest BCUT2D eigenvalue weighted by Crippen LogP contribution is 2.44. The molecule has 2 atom stereocenters. The van der Waals surface area contributed by atoms with Gasteiger partial charge in [-0.15, -0.1) is 0 Å². The number of carbonyl (C=O) groups is 1. The lowest BCUT2D eigenvalue weighted by atomic mass is 9.96. The average Bonchev–Trinajstić information content (AvgIpc) is 3.39. The number of nitrogens with one attached hydrogen (secondary N) is 1. The molecule has 1 aliphatic rings. The van der Waals surface area contributed by atoms with Gasteiger partial charge in [-0.2, -0.15) is 0 Å². The number of carboxylic acid groups (broad SMARTS) is 1. The number of thiocarbonyl (C=S) groups is 1. The van der Waals surface area contributed by atoms with Crippen molar-refractivity contribution in [2.45, 2.75) is 32.9 Å². The van der Waals surface area contributed by atoms with E-state index in [4.69, 9.17) is 17.0 Å². The van der Waals surface area contributed by atoms with E-state index in [0.29, 0.717) is 5.11 Å². The minimum absolute atomic E-state index is 0.194. The Morgan fingerprint density at radius 1 is 1.05 bits per heavy atom. The molecular weight excluding hydrogens is 484 g/mol. The Bertz CT molecular complexity index is 1500. The molecule has 1 saturated heterocycles. The quantitative estimate of drug-likeness (QED) is 0.322. The summed E-state index contributed by atoms with van der Waals surface area (Å²) >= 11 is 5.87. The molecule has 0 radical (unpaired) electrons. The molecule has 8 heteroatoms. The molecule has 2 aromatic carbocycles. The van der Waals surface area contributed by atoms with Gasteiger partial charge in [0.05, 0.1) is 30.5 Å². The summed E-state index contributed by atoms with van der Waals surface area (Å²) in [6.45, 7) is 6.09. The molecule has 7 nitrogen and oxygen atoms in total. The molecule has 0 saturated carbocycles. The van der Waals surface area contributed by atoms with E-state index >= 15 is 0 Å². The van der Waals surface area contributed by atoms with Gasteiger partial charge in [-0.05, 0) is 86.6 Å². The van der Waals surface area contributed by atoms with Gasteiger partial charge in [0.1, 0.15) is 5.75 Å². The van der Waals surface area contributed by atoms with Gasteiger partial charge >= 0.3 is 5.97 Å². The highest BCUT2D eigenvalue weighted by molar-refractivity contribution is 7.80. The van der Waals surface area contributed by atoms with Gasteiger partial charge in [0.15, 0.2) is 5.11 Å². The first-order chi connectivity index (χ1) is 17.8. The van der Waals surface area contributed by atoms with Crippen molar-refractivity contribution in [3.05, 3.63) is 107 Å². The number of benzene rings is 2. The summed E-state index contributed by atoms with van der Waals surface area (Å²) in [6.07, 6.45) is 1.79. The van der Waals surface area contributed by atoms with E-state index in [0.717, 1.165) is 45.3 Å². The number of pyridine rings is 1. The second kappa shape index (κ2) is 9.71. The molecule has 2 aromatic heterocycles.